The number of aliphatic hydroxyl groups excluding tert-OH is 1. The lowest BCUT2D eigenvalue weighted by molar-refractivity contribution is -0.140. The van der Waals surface area contributed by atoms with Crippen LogP contribution in [0.4, 0.5) is 0 Å². The summed E-state index contributed by atoms with van der Waals surface area (Å²) in [4.78, 5) is 12.6. The summed E-state index contributed by atoms with van der Waals surface area (Å²) in [6, 6.07) is 6.25. The van der Waals surface area contributed by atoms with E-state index in [9.17, 15) is 0 Å². The molecule has 0 amide bonds. The van der Waals surface area contributed by atoms with Crippen LogP contribution < -0.4 is 0 Å². The molecule has 0 unspecified atom stereocenters. The van der Waals surface area contributed by atoms with Crippen LogP contribution in [0.15, 0.2) is 18.2 Å². The minimum absolute atomic E-state index is 0.199. The highest BCUT2D eigenvalue weighted by Crippen LogP contribution is 2.39. The number of fused-ring (bicyclic) bond motifs is 1. The van der Waals surface area contributed by atoms with E-state index in [4.69, 9.17) is 10.1 Å². The molecule has 2 aliphatic heterocycles. The van der Waals surface area contributed by atoms with E-state index in [1.807, 2.05) is 0 Å². The minimum atomic E-state index is 0.199. The van der Waals surface area contributed by atoms with Gasteiger partial charge in [-0.1, -0.05) is 12.1 Å². The topological polar surface area (TPSA) is 55.4 Å². The van der Waals surface area contributed by atoms with Crippen molar-refractivity contribution in [3.8, 4) is 0 Å². The molecule has 3 heterocycles. The predicted octanol–water partition coefficient (Wildman–Crippen LogP) is 0.939. The molecule has 5 heteroatoms. The molecule has 1 aromatic carbocycles. The number of imidazole rings is 1. The third-order valence-electron chi connectivity index (χ3n) is 4.57. The maximum atomic E-state index is 9.04. The Labute approximate surface area is 118 Å². The molecular weight excluding hydrogens is 252 g/mol. The van der Waals surface area contributed by atoms with Crippen LogP contribution >= 0.6 is 0 Å². The molecule has 2 aromatic rings. The van der Waals surface area contributed by atoms with Gasteiger partial charge < -0.3 is 10.1 Å². The first kappa shape index (κ1) is 12.3. The lowest BCUT2D eigenvalue weighted by Crippen LogP contribution is -2.71. The van der Waals surface area contributed by atoms with Gasteiger partial charge in [0.15, 0.2) is 0 Å². The van der Waals surface area contributed by atoms with Crippen LogP contribution in [0.1, 0.15) is 11.4 Å². The lowest BCUT2D eigenvalue weighted by Gasteiger charge is -2.59. The second kappa shape index (κ2) is 4.28. The van der Waals surface area contributed by atoms with Gasteiger partial charge in [0, 0.05) is 31.6 Å². The van der Waals surface area contributed by atoms with Crippen molar-refractivity contribution in [1.29, 1.82) is 0 Å². The fourth-order valence-corrected chi connectivity index (χ4v) is 3.73. The van der Waals surface area contributed by atoms with Crippen LogP contribution in [0.5, 0.6) is 0 Å². The first-order valence-electron chi connectivity index (χ1n) is 7.17. The molecule has 20 heavy (non-hydrogen) atoms. The summed E-state index contributed by atoms with van der Waals surface area (Å²) in [5.74, 6) is 1.06. The van der Waals surface area contributed by atoms with E-state index in [0.29, 0.717) is 5.41 Å². The van der Waals surface area contributed by atoms with Crippen LogP contribution in [-0.4, -0.2) is 57.8 Å². The number of nitrogens with zero attached hydrogens (tertiary/aromatic N) is 3. The fraction of sp³-hybridized carbons (Fsp3) is 0.533. The van der Waals surface area contributed by atoms with Crippen molar-refractivity contribution in [2.75, 3.05) is 32.9 Å². The maximum Gasteiger partial charge on any atom is 0.121 e. The zero-order valence-electron chi connectivity index (χ0n) is 11.8. The molecule has 2 aliphatic rings. The molecule has 1 spiro atoms. The Balaban J connectivity index is 1.41. The van der Waals surface area contributed by atoms with Gasteiger partial charge in [0.25, 0.3) is 0 Å². The van der Waals surface area contributed by atoms with E-state index in [1.165, 1.54) is 5.56 Å². The summed E-state index contributed by atoms with van der Waals surface area (Å²) in [5, 5.41) is 9.04. The molecule has 0 aliphatic carbocycles. The molecule has 2 N–H and O–H groups in total. The molecule has 5 nitrogen and oxygen atoms in total. The number of aromatic amines is 1. The Morgan fingerprint density at radius 2 is 2.00 bits per heavy atom. The summed E-state index contributed by atoms with van der Waals surface area (Å²) in [6.45, 7) is 7.53. The van der Waals surface area contributed by atoms with Gasteiger partial charge >= 0.3 is 0 Å². The third kappa shape index (κ3) is 1.85. The average molecular weight is 272 g/mol. The molecule has 0 atom stereocenters. The number of hydrogen-bond donors (Lipinski definition) is 2. The van der Waals surface area contributed by atoms with Gasteiger partial charge in [0.2, 0.25) is 0 Å². The molecule has 0 saturated carbocycles. The molecular formula is C15H20N4O. The van der Waals surface area contributed by atoms with Crippen molar-refractivity contribution in [3.05, 3.63) is 29.6 Å². The standard InChI is InChI=1S/C15H20N4O/c1-11-3-2-4-12-14(11)17-13(16-12)5-18-6-15(7-18)8-19(9-15)10-20/h2-4,20H,5-10H2,1H3,(H,16,17). The zero-order valence-corrected chi connectivity index (χ0v) is 11.8. The number of nitrogens with one attached hydrogen (secondary N) is 1. The molecule has 0 bridgehead atoms. The number of H-pyrrole nitrogens is 1. The number of aryl methyl sites for hydroxylation is 1. The molecule has 2 fully saturated rings. The Morgan fingerprint density at radius 1 is 1.25 bits per heavy atom. The summed E-state index contributed by atoms with van der Waals surface area (Å²) in [6.07, 6.45) is 0. The normalized spacial score (nSPS) is 22.1. The van der Waals surface area contributed by atoms with E-state index in [1.54, 1.807) is 0 Å². The second-order valence-corrected chi connectivity index (χ2v) is 6.43. The first-order chi connectivity index (χ1) is 9.67. The predicted molar refractivity (Wildman–Crippen MR) is 77.2 cm³/mol. The molecule has 4 rings (SSSR count). The highest BCUT2D eigenvalue weighted by molar-refractivity contribution is 5.78. The highest BCUT2D eigenvalue weighted by Gasteiger charge is 2.51. The second-order valence-electron chi connectivity index (χ2n) is 6.43. The van der Waals surface area contributed by atoms with Gasteiger partial charge in [-0.3, -0.25) is 9.80 Å². The van der Waals surface area contributed by atoms with Gasteiger partial charge in [0.1, 0.15) is 5.82 Å². The smallest absolute Gasteiger partial charge is 0.121 e. The summed E-state index contributed by atoms with van der Waals surface area (Å²) < 4.78 is 0. The average Bonchev–Trinajstić information content (AvgIpc) is 2.74. The Bertz CT molecular complexity index is 636. The van der Waals surface area contributed by atoms with Crippen molar-refractivity contribution in [2.24, 2.45) is 5.41 Å². The van der Waals surface area contributed by atoms with Crippen molar-refractivity contribution >= 4 is 11.0 Å². The SMILES string of the molecule is Cc1cccc2[nH]c(CN3CC4(CN(CO)C4)C3)nc12. The van der Waals surface area contributed by atoms with E-state index in [2.05, 4.69) is 39.9 Å². The first-order valence-corrected chi connectivity index (χ1v) is 7.17. The number of aliphatic hydroxyl groups is 1. The number of hydrogen-bond acceptors (Lipinski definition) is 4. The van der Waals surface area contributed by atoms with Crippen LogP contribution in [-0.2, 0) is 6.54 Å². The van der Waals surface area contributed by atoms with Crippen LogP contribution in [0.2, 0.25) is 0 Å². The lowest BCUT2D eigenvalue weighted by atomic mass is 9.73. The maximum absolute atomic E-state index is 9.04. The van der Waals surface area contributed by atoms with E-state index < -0.39 is 0 Å². The highest BCUT2D eigenvalue weighted by atomic mass is 16.3. The molecule has 106 valence electrons. The monoisotopic (exact) mass is 272 g/mol. The summed E-state index contributed by atoms with van der Waals surface area (Å²) in [5.41, 5.74) is 3.89. The molecule has 1 aromatic heterocycles. The van der Waals surface area contributed by atoms with Gasteiger partial charge in [-0.15, -0.1) is 0 Å². The minimum Gasteiger partial charge on any atom is -0.381 e. The number of rotatable bonds is 3. The number of likely N-dealkylation sites (tertiary alicyclic amines) is 2. The van der Waals surface area contributed by atoms with Crippen LogP contribution in [0, 0.1) is 12.3 Å². The van der Waals surface area contributed by atoms with Crippen molar-refractivity contribution in [1.82, 2.24) is 19.8 Å². The number of aromatic nitrogens is 2. The van der Waals surface area contributed by atoms with Crippen molar-refractivity contribution < 1.29 is 5.11 Å². The quantitative estimate of drug-likeness (QED) is 0.873. The van der Waals surface area contributed by atoms with Gasteiger partial charge in [-0.25, -0.2) is 4.98 Å². The van der Waals surface area contributed by atoms with E-state index in [-0.39, 0.29) is 6.73 Å². The summed E-state index contributed by atoms with van der Waals surface area (Å²) in [7, 11) is 0. The van der Waals surface area contributed by atoms with Crippen LogP contribution in [0.3, 0.4) is 0 Å². The van der Waals surface area contributed by atoms with E-state index in [0.717, 1.165) is 49.6 Å². The Hall–Kier alpha value is -1.43. The van der Waals surface area contributed by atoms with Crippen molar-refractivity contribution in [2.45, 2.75) is 13.5 Å². The van der Waals surface area contributed by atoms with Crippen molar-refractivity contribution in [3.63, 3.8) is 0 Å². The largest absolute Gasteiger partial charge is 0.381 e. The summed E-state index contributed by atoms with van der Waals surface area (Å²) >= 11 is 0. The third-order valence-corrected chi connectivity index (χ3v) is 4.57. The van der Waals surface area contributed by atoms with E-state index >= 15 is 0 Å². The number of para-hydroxylation sites is 1. The molecule has 2 saturated heterocycles. The van der Waals surface area contributed by atoms with Gasteiger partial charge in [-0.05, 0) is 18.6 Å². The van der Waals surface area contributed by atoms with Gasteiger partial charge in [-0.2, -0.15) is 0 Å². The number of benzene rings is 1. The van der Waals surface area contributed by atoms with Crippen LogP contribution in [0.25, 0.3) is 11.0 Å². The fourth-order valence-electron chi connectivity index (χ4n) is 3.73. The Kier molecular flexibility index (Phi) is 2.64. The zero-order chi connectivity index (χ0) is 13.7. The Morgan fingerprint density at radius 3 is 2.70 bits per heavy atom. The van der Waals surface area contributed by atoms with Gasteiger partial charge in [0.05, 0.1) is 24.3 Å². The molecule has 0 radical (unpaired) electrons.